The predicted octanol–water partition coefficient (Wildman–Crippen LogP) is 0.861. The molecule has 0 aliphatic carbocycles. The van der Waals surface area contributed by atoms with Gasteiger partial charge in [0.05, 0.1) is 17.6 Å². The Morgan fingerprint density at radius 3 is 2.79 bits per heavy atom. The number of nitrogens with one attached hydrogen (secondary N) is 1. The fraction of sp³-hybridized carbons (Fsp3) is 0.417. The van der Waals surface area contributed by atoms with Crippen molar-refractivity contribution in [3.05, 3.63) is 34.4 Å². The first kappa shape index (κ1) is 14.9. The largest absolute Gasteiger partial charge is 0.477 e. The van der Waals surface area contributed by atoms with Crippen LogP contribution in [0, 0.1) is 10.1 Å². The molecule has 0 fully saturated rings. The lowest BCUT2D eigenvalue weighted by Crippen LogP contribution is -2.39. The average Bonchev–Trinajstić information content (AvgIpc) is 2.42. The third kappa shape index (κ3) is 4.55. The van der Waals surface area contributed by atoms with Gasteiger partial charge >= 0.3 is 5.69 Å². The Kier molecular flexibility index (Phi) is 5.74. The van der Waals surface area contributed by atoms with Crippen LogP contribution in [0.15, 0.2) is 24.3 Å². The van der Waals surface area contributed by atoms with Gasteiger partial charge in [-0.15, -0.1) is 0 Å². The van der Waals surface area contributed by atoms with E-state index in [9.17, 15) is 14.9 Å². The highest BCUT2D eigenvalue weighted by atomic mass is 16.6. The number of nitro benzene ring substituents is 1. The van der Waals surface area contributed by atoms with Crippen LogP contribution in [-0.2, 0) is 4.79 Å². The van der Waals surface area contributed by atoms with Gasteiger partial charge in [-0.2, -0.15) is 0 Å². The summed E-state index contributed by atoms with van der Waals surface area (Å²) in [6.45, 7) is 1.33. The molecule has 0 aliphatic heterocycles. The van der Waals surface area contributed by atoms with Gasteiger partial charge in [0.1, 0.15) is 0 Å². The van der Waals surface area contributed by atoms with Crippen molar-refractivity contribution < 1.29 is 19.6 Å². The molecule has 2 N–H and O–H groups in total. The van der Waals surface area contributed by atoms with E-state index in [1.54, 1.807) is 6.07 Å². The summed E-state index contributed by atoms with van der Waals surface area (Å²) in [5, 5.41) is 22.2. The zero-order valence-corrected chi connectivity index (χ0v) is 10.5. The smallest absolute Gasteiger partial charge is 0.310 e. The monoisotopic (exact) mass is 268 g/mol. The van der Waals surface area contributed by atoms with E-state index in [0.29, 0.717) is 6.42 Å². The molecule has 0 bridgehead atoms. The summed E-state index contributed by atoms with van der Waals surface area (Å²) in [6.07, 6.45) is 0.591. The number of rotatable bonds is 7. The summed E-state index contributed by atoms with van der Waals surface area (Å²) in [5.74, 6) is -0.390. The zero-order valence-electron chi connectivity index (χ0n) is 10.5. The van der Waals surface area contributed by atoms with Gasteiger partial charge in [0.25, 0.3) is 5.91 Å². The van der Waals surface area contributed by atoms with Gasteiger partial charge in [-0.05, 0) is 12.5 Å². The number of nitro groups is 1. The molecule has 19 heavy (non-hydrogen) atoms. The number of carbonyl (C=O) groups excluding carboxylic acids is 1. The molecule has 0 saturated heterocycles. The van der Waals surface area contributed by atoms with Crippen molar-refractivity contribution in [2.24, 2.45) is 0 Å². The van der Waals surface area contributed by atoms with Crippen molar-refractivity contribution in [1.82, 2.24) is 5.32 Å². The SMILES string of the molecule is CCC(CO)NC(=O)COc1ccccc1[N+](=O)[O-]. The van der Waals surface area contributed by atoms with Crippen LogP contribution in [0.2, 0.25) is 0 Å². The summed E-state index contributed by atoms with van der Waals surface area (Å²) in [6, 6.07) is 5.50. The summed E-state index contributed by atoms with van der Waals surface area (Å²) in [4.78, 5) is 21.7. The predicted molar refractivity (Wildman–Crippen MR) is 67.9 cm³/mol. The van der Waals surface area contributed by atoms with Gasteiger partial charge in [-0.3, -0.25) is 14.9 Å². The lowest BCUT2D eigenvalue weighted by molar-refractivity contribution is -0.385. The van der Waals surface area contributed by atoms with Gasteiger partial charge in [0.15, 0.2) is 12.4 Å². The van der Waals surface area contributed by atoms with Crippen molar-refractivity contribution in [3.8, 4) is 5.75 Å². The molecule has 1 amide bonds. The van der Waals surface area contributed by atoms with Crippen LogP contribution in [0.1, 0.15) is 13.3 Å². The van der Waals surface area contributed by atoms with Crippen LogP contribution in [0.4, 0.5) is 5.69 Å². The first-order valence-corrected chi connectivity index (χ1v) is 5.85. The first-order chi connectivity index (χ1) is 9.08. The molecule has 1 atom stereocenters. The second kappa shape index (κ2) is 7.32. The van der Waals surface area contributed by atoms with Crippen molar-refractivity contribution in [1.29, 1.82) is 0 Å². The molecule has 7 heteroatoms. The normalized spacial score (nSPS) is 11.7. The molecule has 0 saturated carbocycles. The molecule has 0 radical (unpaired) electrons. The quantitative estimate of drug-likeness (QED) is 0.564. The van der Waals surface area contributed by atoms with Gasteiger partial charge in [-0.1, -0.05) is 19.1 Å². The van der Waals surface area contributed by atoms with Crippen molar-refractivity contribution in [3.63, 3.8) is 0 Å². The Labute approximate surface area is 110 Å². The number of aliphatic hydroxyl groups is 1. The number of benzene rings is 1. The minimum Gasteiger partial charge on any atom is -0.477 e. The third-order valence-electron chi connectivity index (χ3n) is 2.50. The molecule has 0 heterocycles. The third-order valence-corrected chi connectivity index (χ3v) is 2.50. The fourth-order valence-corrected chi connectivity index (χ4v) is 1.42. The second-order valence-electron chi connectivity index (χ2n) is 3.87. The number of amides is 1. The minimum atomic E-state index is -0.574. The number of ether oxygens (including phenoxy) is 1. The molecule has 0 aliphatic rings. The first-order valence-electron chi connectivity index (χ1n) is 5.85. The second-order valence-corrected chi connectivity index (χ2v) is 3.87. The number of hydrogen-bond donors (Lipinski definition) is 2. The lowest BCUT2D eigenvalue weighted by atomic mass is 10.2. The average molecular weight is 268 g/mol. The maximum atomic E-state index is 11.5. The number of nitrogens with zero attached hydrogens (tertiary/aromatic N) is 1. The molecule has 1 aromatic rings. The van der Waals surface area contributed by atoms with Crippen LogP contribution in [0.5, 0.6) is 5.75 Å². The number of para-hydroxylation sites is 2. The van der Waals surface area contributed by atoms with E-state index in [2.05, 4.69) is 5.32 Å². The fourth-order valence-electron chi connectivity index (χ4n) is 1.42. The van der Waals surface area contributed by atoms with Gasteiger partial charge in [0, 0.05) is 6.07 Å². The summed E-state index contributed by atoms with van der Waals surface area (Å²) in [7, 11) is 0. The molecule has 7 nitrogen and oxygen atoms in total. The van der Waals surface area contributed by atoms with E-state index in [4.69, 9.17) is 9.84 Å². The number of aliphatic hydroxyl groups excluding tert-OH is 1. The topological polar surface area (TPSA) is 102 Å². The van der Waals surface area contributed by atoms with E-state index in [1.807, 2.05) is 6.92 Å². The zero-order chi connectivity index (χ0) is 14.3. The Morgan fingerprint density at radius 1 is 1.53 bits per heavy atom. The Morgan fingerprint density at radius 2 is 2.21 bits per heavy atom. The maximum Gasteiger partial charge on any atom is 0.310 e. The maximum absolute atomic E-state index is 11.5. The van der Waals surface area contributed by atoms with Crippen molar-refractivity contribution in [2.75, 3.05) is 13.2 Å². The van der Waals surface area contributed by atoms with Crippen LogP contribution >= 0.6 is 0 Å². The van der Waals surface area contributed by atoms with E-state index >= 15 is 0 Å². The molecule has 1 aromatic carbocycles. The van der Waals surface area contributed by atoms with E-state index in [1.165, 1.54) is 18.2 Å². The molecule has 104 valence electrons. The Bertz CT molecular complexity index is 446. The van der Waals surface area contributed by atoms with Crippen LogP contribution in [0.25, 0.3) is 0 Å². The highest BCUT2D eigenvalue weighted by Gasteiger charge is 2.15. The van der Waals surface area contributed by atoms with Gasteiger partial charge in [-0.25, -0.2) is 0 Å². The van der Waals surface area contributed by atoms with E-state index < -0.39 is 10.8 Å². The van der Waals surface area contributed by atoms with Crippen LogP contribution in [-0.4, -0.2) is 35.2 Å². The van der Waals surface area contributed by atoms with Gasteiger partial charge in [0.2, 0.25) is 0 Å². The highest BCUT2D eigenvalue weighted by molar-refractivity contribution is 5.78. The standard InChI is InChI=1S/C12H16N2O5/c1-2-9(7-15)13-12(16)8-19-11-6-4-3-5-10(11)14(17)18/h3-6,9,15H,2,7-8H2,1H3,(H,13,16). The van der Waals surface area contributed by atoms with E-state index in [0.717, 1.165) is 0 Å². The number of carbonyl (C=O) groups is 1. The summed E-state index contributed by atoms with van der Waals surface area (Å²) < 4.78 is 5.11. The molecule has 0 aromatic heterocycles. The van der Waals surface area contributed by atoms with E-state index in [-0.39, 0.29) is 30.7 Å². The molecular formula is C12H16N2O5. The van der Waals surface area contributed by atoms with Gasteiger partial charge < -0.3 is 15.2 Å². The summed E-state index contributed by atoms with van der Waals surface area (Å²) >= 11 is 0. The molecular weight excluding hydrogens is 252 g/mol. The lowest BCUT2D eigenvalue weighted by Gasteiger charge is -2.14. The van der Waals surface area contributed by atoms with Crippen molar-refractivity contribution in [2.45, 2.75) is 19.4 Å². The van der Waals surface area contributed by atoms with Crippen LogP contribution in [0.3, 0.4) is 0 Å². The number of hydrogen-bond acceptors (Lipinski definition) is 5. The molecule has 1 unspecified atom stereocenters. The Hall–Kier alpha value is -2.15. The highest BCUT2D eigenvalue weighted by Crippen LogP contribution is 2.25. The van der Waals surface area contributed by atoms with Crippen LogP contribution < -0.4 is 10.1 Å². The minimum absolute atomic E-state index is 0.0414. The molecule has 1 rings (SSSR count). The summed E-state index contributed by atoms with van der Waals surface area (Å²) in [5.41, 5.74) is -0.190. The van der Waals surface area contributed by atoms with Crippen molar-refractivity contribution >= 4 is 11.6 Å². The molecule has 0 spiro atoms. The Balaban J connectivity index is 2.57.